The molecule has 0 atom stereocenters. The number of rotatable bonds is 4. The molecular formula is C14H18N4O2S. The maximum absolute atomic E-state index is 12.6. The first kappa shape index (κ1) is 15.2. The monoisotopic (exact) mass is 306 g/mol. The molecule has 0 unspecified atom stereocenters. The van der Waals surface area contributed by atoms with Crippen molar-refractivity contribution >= 4 is 39.1 Å². The van der Waals surface area contributed by atoms with Crippen LogP contribution in [-0.2, 0) is 4.79 Å². The van der Waals surface area contributed by atoms with E-state index < -0.39 is 5.91 Å². The van der Waals surface area contributed by atoms with Crippen LogP contribution in [-0.4, -0.2) is 34.3 Å². The van der Waals surface area contributed by atoms with Crippen LogP contribution < -0.4 is 11.5 Å². The van der Waals surface area contributed by atoms with E-state index in [1.165, 1.54) is 16.2 Å². The Morgan fingerprint density at radius 3 is 2.62 bits per heavy atom. The first-order valence-electron chi connectivity index (χ1n) is 6.56. The van der Waals surface area contributed by atoms with Gasteiger partial charge in [-0.2, -0.15) is 0 Å². The number of primary amides is 1. The van der Waals surface area contributed by atoms with Crippen LogP contribution >= 0.6 is 11.3 Å². The molecular weight excluding hydrogens is 288 g/mol. The Bertz CT molecular complexity index is 708. The summed E-state index contributed by atoms with van der Waals surface area (Å²) < 4.78 is 0. The van der Waals surface area contributed by atoms with E-state index in [0.29, 0.717) is 10.6 Å². The Labute approximate surface area is 126 Å². The highest BCUT2D eigenvalue weighted by atomic mass is 32.1. The average Bonchev–Trinajstić information content (AvgIpc) is 2.71. The molecule has 0 fully saturated rings. The molecule has 0 aliphatic rings. The third-order valence-electron chi connectivity index (χ3n) is 3.14. The predicted octanol–water partition coefficient (Wildman–Crippen LogP) is 1.52. The molecule has 0 aliphatic carbocycles. The van der Waals surface area contributed by atoms with Crippen molar-refractivity contribution < 1.29 is 9.59 Å². The molecule has 0 saturated heterocycles. The zero-order valence-electron chi connectivity index (χ0n) is 12.2. The van der Waals surface area contributed by atoms with Crippen molar-refractivity contribution in [2.45, 2.75) is 26.8 Å². The second-order valence-corrected chi connectivity index (χ2v) is 6.14. The van der Waals surface area contributed by atoms with Gasteiger partial charge in [-0.3, -0.25) is 9.59 Å². The van der Waals surface area contributed by atoms with Gasteiger partial charge in [-0.25, -0.2) is 4.98 Å². The topological polar surface area (TPSA) is 102 Å². The number of anilines is 1. The predicted molar refractivity (Wildman–Crippen MR) is 84.1 cm³/mol. The first-order valence-corrected chi connectivity index (χ1v) is 7.37. The molecule has 0 aromatic carbocycles. The van der Waals surface area contributed by atoms with Gasteiger partial charge >= 0.3 is 0 Å². The lowest BCUT2D eigenvalue weighted by Crippen LogP contribution is -2.42. The first-order chi connectivity index (χ1) is 9.81. The number of fused-ring (bicyclic) bond motifs is 1. The fraction of sp³-hybridized carbons (Fsp3) is 0.357. The van der Waals surface area contributed by atoms with E-state index in [1.54, 1.807) is 0 Å². The van der Waals surface area contributed by atoms with Gasteiger partial charge in [0.05, 0.1) is 12.2 Å². The summed E-state index contributed by atoms with van der Waals surface area (Å²) in [5.41, 5.74) is 12.5. The minimum atomic E-state index is -0.550. The standard InChI is InChI=1S/C14H18N4O2S/c1-7(2)18(6-10(15)19)14(20)12-11(16)9-5-4-8(3)17-13(9)21-12/h4-5,7H,6,16H2,1-3H3,(H2,15,19). The van der Waals surface area contributed by atoms with Gasteiger partial charge in [0, 0.05) is 17.1 Å². The van der Waals surface area contributed by atoms with Gasteiger partial charge in [-0.15, -0.1) is 11.3 Å². The molecule has 112 valence electrons. The van der Waals surface area contributed by atoms with E-state index >= 15 is 0 Å². The fourth-order valence-corrected chi connectivity index (χ4v) is 3.13. The normalized spacial score (nSPS) is 11.0. The van der Waals surface area contributed by atoms with Gasteiger partial charge in [0.2, 0.25) is 5.91 Å². The van der Waals surface area contributed by atoms with E-state index in [4.69, 9.17) is 11.5 Å². The van der Waals surface area contributed by atoms with Crippen LogP contribution in [0.1, 0.15) is 29.2 Å². The number of nitrogens with two attached hydrogens (primary N) is 2. The van der Waals surface area contributed by atoms with E-state index in [1.807, 2.05) is 32.9 Å². The second kappa shape index (κ2) is 5.69. The third kappa shape index (κ3) is 2.97. The van der Waals surface area contributed by atoms with Crippen LogP contribution in [0.5, 0.6) is 0 Å². The molecule has 2 aromatic rings. The molecule has 2 heterocycles. The summed E-state index contributed by atoms with van der Waals surface area (Å²) in [6.45, 7) is 5.40. The Hall–Kier alpha value is -2.15. The number of aromatic nitrogens is 1. The summed E-state index contributed by atoms with van der Waals surface area (Å²) >= 11 is 1.24. The van der Waals surface area contributed by atoms with Gasteiger partial charge < -0.3 is 16.4 Å². The van der Waals surface area contributed by atoms with E-state index in [2.05, 4.69) is 4.98 Å². The van der Waals surface area contributed by atoms with Gasteiger partial charge in [0.1, 0.15) is 9.71 Å². The van der Waals surface area contributed by atoms with Crippen molar-refractivity contribution in [2.24, 2.45) is 5.73 Å². The number of nitrogen functional groups attached to an aromatic ring is 1. The maximum atomic E-state index is 12.6. The highest BCUT2D eigenvalue weighted by molar-refractivity contribution is 7.21. The third-order valence-corrected chi connectivity index (χ3v) is 4.24. The van der Waals surface area contributed by atoms with Crippen LogP contribution in [0.4, 0.5) is 5.69 Å². The largest absolute Gasteiger partial charge is 0.397 e. The summed E-state index contributed by atoms with van der Waals surface area (Å²) in [5, 5.41) is 0.761. The lowest BCUT2D eigenvalue weighted by atomic mass is 10.2. The lowest BCUT2D eigenvalue weighted by Gasteiger charge is -2.24. The number of carbonyl (C=O) groups is 2. The van der Waals surface area contributed by atoms with Gasteiger partial charge in [-0.05, 0) is 32.9 Å². The van der Waals surface area contributed by atoms with Crippen molar-refractivity contribution in [2.75, 3.05) is 12.3 Å². The Morgan fingerprint density at radius 1 is 1.38 bits per heavy atom. The van der Waals surface area contributed by atoms with Gasteiger partial charge in [-0.1, -0.05) is 0 Å². The SMILES string of the molecule is Cc1ccc2c(N)c(C(=O)N(CC(N)=O)C(C)C)sc2n1. The summed E-state index contributed by atoms with van der Waals surface area (Å²) in [7, 11) is 0. The smallest absolute Gasteiger partial charge is 0.266 e. The summed E-state index contributed by atoms with van der Waals surface area (Å²) in [5.74, 6) is -0.840. The van der Waals surface area contributed by atoms with Crippen molar-refractivity contribution in [3.05, 3.63) is 22.7 Å². The number of amides is 2. The molecule has 0 saturated carbocycles. The van der Waals surface area contributed by atoms with E-state index in [-0.39, 0.29) is 18.5 Å². The van der Waals surface area contributed by atoms with E-state index in [9.17, 15) is 9.59 Å². The van der Waals surface area contributed by atoms with Crippen molar-refractivity contribution in [1.82, 2.24) is 9.88 Å². The van der Waals surface area contributed by atoms with Crippen LogP contribution in [0.3, 0.4) is 0 Å². The molecule has 0 spiro atoms. The second-order valence-electron chi connectivity index (χ2n) is 5.14. The Kier molecular flexibility index (Phi) is 4.13. The number of hydrogen-bond acceptors (Lipinski definition) is 5. The van der Waals surface area contributed by atoms with Gasteiger partial charge in [0.15, 0.2) is 0 Å². The summed E-state index contributed by atoms with van der Waals surface area (Å²) in [6, 6.07) is 3.56. The molecule has 7 heteroatoms. The number of aryl methyl sites for hydroxylation is 1. The molecule has 0 radical (unpaired) electrons. The minimum Gasteiger partial charge on any atom is -0.397 e. The van der Waals surface area contributed by atoms with Crippen LogP contribution in [0.15, 0.2) is 12.1 Å². The molecule has 2 aromatic heterocycles. The van der Waals surface area contributed by atoms with Crippen molar-refractivity contribution in [3.63, 3.8) is 0 Å². The molecule has 0 aliphatic heterocycles. The van der Waals surface area contributed by atoms with Crippen molar-refractivity contribution in [1.29, 1.82) is 0 Å². The maximum Gasteiger partial charge on any atom is 0.266 e. The van der Waals surface area contributed by atoms with E-state index in [0.717, 1.165) is 15.9 Å². The fourth-order valence-electron chi connectivity index (χ4n) is 2.04. The van der Waals surface area contributed by atoms with Gasteiger partial charge in [0.25, 0.3) is 5.91 Å². The Balaban J connectivity index is 2.46. The number of nitrogens with zero attached hydrogens (tertiary/aromatic N) is 2. The summed E-state index contributed by atoms with van der Waals surface area (Å²) in [4.78, 5) is 30.7. The van der Waals surface area contributed by atoms with Crippen LogP contribution in [0, 0.1) is 6.92 Å². The molecule has 4 N–H and O–H groups in total. The highest BCUT2D eigenvalue weighted by Crippen LogP contribution is 2.33. The van der Waals surface area contributed by atoms with Crippen LogP contribution in [0.2, 0.25) is 0 Å². The number of thiophene rings is 1. The highest BCUT2D eigenvalue weighted by Gasteiger charge is 2.25. The molecule has 6 nitrogen and oxygen atoms in total. The molecule has 2 rings (SSSR count). The lowest BCUT2D eigenvalue weighted by molar-refractivity contribution is -0.119. The molecule has 2 amide bonds. The number of hydrogen-bond donors (Lipinski definition) is 2. The minimum absolute atomic E-state index is 0.128. The Morgan fingerprint density at radius 2 is 2.05 bits per heavy atom. The number of pyridine rings is 1. The summed E-state index contributed by atoms with van der Waals surface area (Å²) in [6.07, 6.45) is 0. The number of carbonyl (C=O) groups excluding carboxylic acids is 2. The molecule has 0 bridgehead atoms. The zero-order chi connectivity index (χ0) is 15.7. The van der Waals surface area contributed by atoms with Crippen LogP contribution in [0.25, 0.3) is 10.2 Å². The molecule has 21 heavy (non-hydrogen) atoms. The van der Waals surface area contributed by atoms with Crippen molar-refractivity contribution in [3.8, 4) is 0 Å². The quantitative estimate of drug-likeness (QED) is 0.894. The average molecular weight is 306 g/mol. The zero-order valence-corrected chi connectivity index (χ0v) is 13.0.